The number of likely N-dealkylation sites (tertiary alicyclic amines) is 1. The first-order valence-electron chi connectivity index (χ1n) is 12.5. The van der Waals surface area contributed by atoms with Crippen LogP contribution >= 0.6 is 23.2 Å². The fourth-order valence-corrected chi connectivity index (χ4v) is 5.48. The number of ketones is 1. The summed E-state index contributed by atoms with van der Waals surface area (Å²) in [5.74, 6) is -1.01. The second kappa shape index (κ2) is 13.3. The van der Waals surface area contributed by atoms with E-state index in [0.717, 1.165) is 13.1 Å². The van der Waals surface area contributed by atoms with E-state index in [1.54, 1.807) is 12.1 Å². The number of carbonyl (C=O) groups is 2. The molecule has 0 spiro atoms. The van der Waals surface area contributed by atoms with Crippen molar-refractivity contribution in [3.8, 4) is 28.7 Å². The number of hydrogen-bond donors (Lipinski definition) is 1. The molecule has 3 rings (SSSR count). The summed E-state index contributed by atoms with van der Waals surface area (Å²) in [5, 5.41) is 11.7. The van der Waals surface area contributed by atoms with Gasteiger partial charge < -0.3 is 38.6 Å². The summed E-state index contributed by atoms with van der Waals surface area (Å²) in [6, 6.07) is 3.64. The predicted molar refractivity (Wildman–Crippen MR) is 152 cm³/mol. The van der Waals surface area contributed by atoms with Gasteiger partial charge in [0.1, 0.15) is 10.8 Å². The van der Waals surface area contributed by atoms with Crippen molar-refractivity contribution in [3.63, 3.8) is 0 Å². The maximum atomic E-state index is 13.6. The Morgan fingerprint density at radius 3 is 1.90 bits per heavy atom. The molecule has 1 heterocycles. The SMILES string of the molecule is CCN(CC)CCN1C(=O)C(=O)/C(=C(/O)c2cc(Cl)c(OC)c(Cl)c2OC)C1c1cc(OC)c(OC)c(OC)c1. The van der Waals surface area contributed by atoms with Crippen LogP contribution in [0.15, 0.2) is 23.8 Å². The van der Waals surface area contributed by atoms with E-state index in [9.17, 15) is 14.7 Å². The summed E-state index contributed by atoms with van der Waals surface area (Å²) >= 11 is 12.8. The van der Waals surface area contributed by atoms with Crippen molar-refractivity contribution in [3.05, 3.63) is 44.9 Å². The third kappa shape index (κ3) is 5.61. The summed E-state index contributed by atoms with van der Waals surface area (Å²) in [5.41, 5.74) is 0.311. The Kier molecular flexibility index (Phi) is 10.4. The number of aliphatic hydroxyl groups is 1. The van der Waals surface area contributed by atoms with Crippen LogP contribution in [0.2, 0.25) is 10.0 Å². The number of amides is 1. The van der Waals surface area contributed by atoms with Crippen LogP contribution in [0.1, 0.15) is 31.0 Å². The molecule has 1 amide bonds. The Bertz CT molecular complexity index is 1280. The number of benzene rings is 2. The lowest BCUT2D eigenvalue weighted by Crippen LogP contribution is -2.38. The number of rotatable bonds is 12. The number of ether oxygens (including phenoxy) is 5. The molecule has 2 aromatic rings. The quantitative estimate of drug-likeness (QED) is 0.210. The summed E-state index contributed by atoms with van der Waals surface area (Å²) in [7, 11) is 7.14. The lowest BCUT2D eigenvalue weighted by Gasteiger charge is -2.29. The summed E-state index contributed by atoms with van der Waals surface area (Å²) in [6.45, 7) is 6.26. The standard InChI is InChI=1S/C28H34Cl2N2O8/c1-8-31(9-2)10-11-32-22(15-12-18(36-3)27(40-7)19(13-15)37-4)20(24(34)28(32)35)23(33)16-14-17(29)26(39-6)21(30)25(16)38-5/h12-14,22,33H,8-11H2,1-7H3/b23-20+. The number of nitrogens with zero attached hydrogens (tertiary/aromatic N) is 2. The normalized spacial score (nSPS) is 16.4. The van der Waals surface area contributed by atoms with Crippen molar-refractivity contribution in [2.24, 2.45) is 0 Å². The molecule has 0 aliphatic carbocycles. The summed E-state index contributed by atoms with van der Waals surface area (Å²) < 4.78 is 27.2. The van der Waals surface area contributed by atoms with Crippen molar-refractivity contribution in [1.82, 2.24) is 9.80 Å². The maximum Gasteiger partial charge on any atom is 0.295 e. The van der Waals surface area contributed by atoms with Gasteiger partial charge in [-0.15, -0.1) is 0 Å². The molecule has 10 nitrogen and oxygen atoms in total. The molecular formula is C28H34Cl2N2O8. The Morgan fingerprint density at radius 2 is 1.43 bits per heavy atom. The Balaban J connectivity index is 2.34. The lowest BCUT2D eigenvalue weighted by atomic mass is 9.94. The number of Topliss-reactive ketones (excluding diaryl/α,β-unsaturated/α-hetero) is 1. The van der Waals surface area contributed by atoms with Crippen LogP contribution in [0.3, 0.4) is 0 Å². The molecule has 1 N–H and O–H groups in total. The molecule has 40 heavy (non-hydrogen) atoms. The van der Waals surface area contributed by atoms with Crippen LogP contribution in [0.4, 0.5) is 0 Å². The third-order valence-corrected chi connectivity index (χ3v) is 7.51. The molecular weight excluding hydrogens is 563 g/mol. The molecule has 1 saturated heterocycles. The van der Waals surface area contributed by atoms with Crippen LogP contribution in [0, 0.1) is 0 Å². The highest BCUT2D eigenvalue weighted by molar-refractivity contribution is 6.47. The van der Waals surface area contributed by atoms with Crippen LogP contribution in [-0.4, -0.2) is 88.3 Å². The first-order valence-corrected chi connectivity index (χ1v) is 13.3. The van der Waals surface area contributed by atoms with Gasteiger partial charge in [0.2, 0.25) is 5.75 Å². The van der Waals surface area contributed by atoms with E-state index in [4.69, 9.17) is 46.9 Å². The largest absolute Gasteiger partial charge is 0.507 e. The van der Waals surface area contributed by atoms with Gasteiger partial charge in [-0.3, -0.25) is 9.59 Å². The molecule has 0 radical (unpaired) electrons. The number of hydrogen-bond acceptors (Lipinski definition) is 9. The van der Waals surface area contributed by atoms with Gasteiger partial charge in [-0.2, -0.15) is 0 Å². The highest BCUT2D eigenvalue weighted by Gasteiger charge is 2.47. The van der Waals surface area contributed by atoms with E-state index in [-0.39, 0.29) is 39.2 Å². The van der Waals surface area contributed by atoms with E-state index < -0.39 is 23.5 Å². The minimum Gasteiger partial charge on any atom is -0.507 e. The fraction of sp³-hybridized carbons (Fsp3) is 0.429. The van der Waals surface area contributed by atoms with E-state index in [2.05, 4.69) is 4.90 Å². The van der Waals surface area contributed by atoms with E-state index in [0.29, 0.717) is 29.4 Å². The van der Waals surface area contributed by atoms with E-state index in [1.807, 2.05) is 13.8 Å². The molecule has 0 saturated carbocycles. The Labute approximate surface area is 243 Å². The minimum absolute atomic E-state index is 0.000789. The van der Waals surface area contributed by atoms with Crippen molar-refractivity contribution < 1.29 is 38.4 Å². The van der Waals surface area contributed by atoms with Crippen molar-refractivity contribution in [1.29, 1.82) is 0 Å². The van der Waals surface area contributed by atoms with Gasteiger partial charge in [0, 0.05) is 13.1 Å². The monoisotopic (exact) mass is 596 g/mol. The molecule has 12 heteroatoms. The molecule has 1 aliphatic rings. The minimum atomic E-state index is -1.01. The highest BCUT2D eigenvalue weighted by Crippen LogP contribution is 2.49. The first-order chi connectivity index (χ1) is 19.1. The zero-order valence-corrected chi connectivity index (χ0v) is 25.1. The molecule has 1 aliphatic heterocycles. The topological polar surface area (TPSA) is 107 Å². The van der Waals surface area contributed by atoms with Crippen molar-refractivity contribution in [2.45, 2.75) is 19.9 Å². The number of methoxy groups -OCH3 is 5. The Hall–Kier alpha value is -3.34. The van der Waals surface area contributed by atoms with Gasteiger partial charge in [-0.25, -0.2) is 0 Å². The van der Waals surface area contributed by atoms with Gasteiger partial charge in [-0.1, -0.05) is 37.0 Å². The van der Waals surface area contributed by atoms with Crippen molar-refractivity contribution in [2.75, 3.05) is 61.7 Å². The predicted octanol–water partition coefficient (Wildman–Crippen LogP) is 4.80. The van der Waals surface area contributed by atoms with Crippen molar-refractivity contribution >= 4 is 40.7 Å². The molecule has 218 valence electrons. The van der Waals surface area contributed by atoms with Crippen LogP contribution in [0.5, 0.6) is 28.7 Å². The fourth-order valence-electron chi connectivity index (χ4n) is 4.80. The Morgan fingerprint density at radius 1 is 0.875 bits per heavy atom. The van der Waals surface area contributed by atoms with E-state index in [1.165, 1.54) is 46.5 Å². The van der Waals surface area contributed by atoms with Gasteiger partial charge in [-0.05, 0) is 36.9 Å². The number of halogens is 2. The van der Waals surface area contributed by atoms with Crippen LogP contribution < -0.4 is 23.7 Å². The molecule has 0 bridgehead atoms. The molecule has 0 aromatic heterocycles. The average molecular weight is 597 g/mol. The molecule has 1 fully saturated rings. The second-order valence-corrected chi connectivity index (χ2v) is 9.55. The number of carbonyl (C=O) groups excluding carboxylic acids is 2. The third-order valence-electron chi connectivity index (χ3n) is 6.89. The smallest absolute Gasteiger partial charge is 0.295 e. The summed E-state index contributed by atoms with van der Waals surface area (Å²) in [6.07, 6.45) is 0. The molecule has 1 unspecified atom stereocenters. The second-order valence-electron chi connectivity index (χ2n) is 8.76. The van der Waals surface area contributed by atoms with Gasteiger partial charge in [0.25, 0.3) is 11.7 Å². The maximum absolute atomic E-state index is 13.6. The number of likely N-dealkylation sites (N-methyl/N-ethyl adjacent to an activating group) is 1. The molecule has 1 atom stereocenters. The van der Waals surface area contributed by atoms with Crippen LogP contribution in [0.25, 0.3) is 5.76 Å². The molecule has 2 aromatic carbocycles. The van der Waals surface area contributed by atoms with Gasteiger partial charge in [0.05, 0.1) is 57.8 Å². The first kappa shape index (κ1) is 31.2. The van der Waals surface area contributed by atoms with Gasteiger partial charge >= 0.3 is 0 Å². The lowest BCUT2D eigenvalue weighted by molar-refractivity contribution is -0.140. The van der Waals surface area contributed by atoms with E-state index >= 15 is 0 Å². The highest BCUT2D eigenvalue weighted by atomic mass is 35.5. The zero-order chi connectivity index (χ0) is 29.7. The average Bonchev–Trinajstić information content (AvgIpc) is 3.21. The zero-order valence-electron chi connectivity index (χ0n) is 23.6. The van der Waals surface area contributed by atoms with Crippen LogP contribution in [-0.2, 0) is 9.59 Å². The van der Waals surface area contributed by atoms with Gasteiger partial charge in [0.15, 0.2) is 23.0 Å². The number of aliphatic hydroxyl groups excluding tert-OH is 1. The summed E-state index contributed by atoms with van der Waals surface area (Å²) in [4.78, 5) is 30.6.